The van der Waals surface area contributed by atoms with Gasteiger partial charge in [0.15, 0.2) is 11.7 Å². The quantitative estimate of drug-likeness (QED) is 0.246. The van der Waals surface area contributed by atoms with E-state index in [1.54, 1.807) is 0 Å². The second kappa shape index (κ2) is 8.85. The van der Waals surface area contributed by atoms with Crippen molar-refractivity contribution >= 4 is 39.3 Å². The Hall–Kier alpha value is -2.62. The summed E-state index contributed by atoms with van der Waals surface area (Å²) in [4.78, 5) is 12.2. The van der Waals surface area contributed by atoms with E-state index in [1.165, 1.54) is 30.9 Å². The van der Waals surface area contributed by atoms with Gasteiger partial charge >= 0.3 is 6.03 Å². The number of nitrogens with zero attached hydrogens (tertiary/aromatic N) is 2. The summed E-state index contributed by atoms with van der Waals surface area (Å²) >= 11 is 3.09. The molecule has 1 fully saturated rings. The third-order valence-electron chi connectivity index (χ3n) is 4.28. The maximum absolute atomic E-state index is 13.4. The lowest BCUT2D eigenvalue weighted by Gasteiger charge is -2.22. The van der Waals surface area contributed by atoms with Crippen LogP contribution in [0.15, 0.2) is 38.6 Å². The fourth-order valence-electron chi connectivity index (χ4n) is 2.93. The van der Waals surface area contributed by atoms with Gasteiger partial charge in [-0.25, -0.2) is 9.18 Å². The van der Waals surface area contributed by atoms with Gasteiger partial charge in [-0.2, -0.15) is 0 Å². The zero-order chi connectivity index (χ0) is 19.2. The first kappa shape index (κ1) is 19.2. The third kappa shape index (κ3) is 4.97. The van der Waals surface area contributed by atoms with Crippen molar-refractivity contribution in [3.05, 3.63) is 40.3 Å². The highest BCUT2D eigenvalue weighted by atomic mass is 79.9. The number of carbonyl (C=O) groups excluding carboxylic acids is 1. The number of rotatable bonds is 4. The highest BCUT2D eigenvalue weighted by Crippen LogP contribution is 2.22. The number of hydrogen-bond donors (Lipinski definition) is 4. The van der Waals surface area contributed by atoms with Crippen molar-refractivity contribution in [2.24, 2.45) is 5.16 Å². The highest BCUT2D eigenvalue weighted by Gasteiger charge is 2.20. The van der Waals surface area contributed by atoms with Crippen molar-refractivity contribution in [1.29, 1.82) is 0 Å². The molecular formula is C17H19BrFN5O3. The predicted molar refractivity (Wildman–Crippen MR) is 102 cm³/mol. The molecule has 8 nitrogen and oxygen atoms in total. The first-order chi connectivity index (χ1) is 13.1. The molecule has 0 radical (unpaired) electrons. The molecule has 2 amide bonds. The van der Waals surface area contributed by atoms with Crippen LogP contribution < -0.4 is 16.0 Å². The number of aromatic nitrogens is 1. The Bertz CT molecular complexity index is 836. The van der Waals surface area contributed by atoms with Crippen LogP contribution in [0.5, 0.6) is 0 Å². The number of amides is 2. The van der Waals surface area contributed by atoms with Crippen LogP contribution in [0.3, 0.4) is 0 Å². The topological polar surface area (TPSA) is 112 Å². The van der Waals surface area contributed by atoms with Gasteiger partial charge in [0.05, 0.1) is 4.47 Å². The summed E-state index contributed by atoms with van der Waals surface area (Å²) in [6.45, 7) is 0. The molecule has 10 heteroatoms. The summed E-state index contributed by atoms with van der Waals surface area (Å²) in [7, 11) is 0. The molecule has 27 heavy (non-hydrogen) atoms. The van der Waals surface area contributed by atoms with Crippen LogP contribution in [-0.4, -0.2) is 28.3 Å². The van der Waals surface area contributed by atoms with Gasteiger partial charge in [-0.05, 0) is 47.0 Å². The first-order valence-corrected chi connectivity index (χ1v) is 9.32. The minimum Gasteiger partial charge on any atom is -0.409 e. The lowest BCUT2D eigenvalue weighted by molar-refractivity contribution is 0.244. The minimum atomic E-state index is -0.422. The molecule has 1 aliphatic rings. The number of halogens is 2. The Balaban J connectivity index is 1.68. The first-order valence-electron chi connectivity index (χ1n) is 8.53. The smallest absolute Gasteiger partial charge is 0.320 e. The van der Waals surface area contributed by atoms with Crippen LogP contribution in [0.2, 0.25) is 0 Å². The van der Waals surface area contributed by atoms with Gasteiger partial charge < -0.3 is 20.4 Å². The summed E-state index contributed by atoms with van der Waals surface area (Å²) in [5.41, 5.74) is 0.714. The van der Waals surface area contributed by atoms with E-state index in [9.17, 15) is 14.4 Å². The zero-order valence-electron chi connectivity index (χ0n) is 14.3. The second-order valence-corrected chi connectivity index (χ2v) is 7.07. The van der Waals surface area contributed by atoms with Gasteiger partial charge in [0, 0.05) is 11.7 Å². The van der Waals surface area contributed by atoms with E-state index in [1.807, 2.05) is 0 Å². The molecule has 1 aromatic carbocycles. The molecule has 1 aliphatic carbocycles. The number of oxime groups is 1. The highest BCUT2D eigenvalue weighted by molar-refractivity contribution is 9.10. The minimum absolute atomic E-state index is 0.0114. The third-order valence-corrected chi connectivity index (χ3v) is 4.89. The second-order valence-electron chi connectivity index (χ2n) is 6.21. The standard InChI is InChI=1S/C17H19BrFN5O3/c18-13-8-11(6-7-14(13)19)20-15(23-26)12-9-27-24-16(12)22-17(25)21-10-4-2-1-3-5-10/h6-10,26H,1-5H2,(H,20,23)(H2,21,22,24,25). The van der Waals surface area contributed by atoms with Gasteiger partial charge in [0.2, 0.25) is 0 Å². The Morgan fingerprint density at radius 2 is 2.07 bits per heavy atom. The summed E-state index contributed by atoms with van der Waals surface area (Å²) in [5, 5.41) is 24.6. The summed E-state index contributed by atoms with van der Waals surface area (Å²) in [6, 6.07) is 3.94. The number of amidine groups is 1. The number of hydrogen-bond acceptors (Lipinski definition) is 5. The van der Waals surface area contributed by atoms with E-state index in [2.05, 4.69) is 42.2 Å². The SMILES string of the molecule is O=C(Nc1nocc1/C(=N/O)Nc1ccc(F)c(Br)c1)NC1CCCCC1. The van der Waals surface area contributed by atoms with E-state index < -0.39 is 11.8 Å². The van der Waals surface area contributed by atoms with E-state index >= 15 is 0 Å². The van der Waals surface area contributed by atoms with Crippen LogP contribution in [0.25, 0.3) is 0 Å². The molecule has 2 aromatic rings. The number of carbonyl (C=O) groups is 1. The number of urea groups is 1. The average Bonchev–Trinajstić information content (AvgIpc) is 3.11. The van der Waals surface area contributed by atoms with Crippen LogP contribution in [-0.2, 0) is 0 Å². The number of anilines is 2. The molecule has 0 saturated heterocycles. The fourth-order valence-corrected chi connectivity index (χ4v) is 3.31. The van der Waals surface area contributed by atoms with Crippen LogP contribution >= 0.6 is 15.9 Å². The molecule has 144 valence electrons. The monoisotopic (exact) mass is 439 g/mol. The van der Waals surface area contributed by atoms with Gasteiger partial charge in [0.1, 0.15) is 17.6 Å². The van der Waals surface area contributed by atoms with Crippen molar-refractivity contribution in [2.45, 2.75) is 38.1 Å². The Morgan fingerprint density at radius 1 is 1.30 bits per heavy atom. The van der Waals surface area contributed by atoms with Gasteiger partial charge in [-0.3, -0.25) is 5.32 Å². The molecule has 1 saturated carbocycles. The summed E-state index contributed by atoms with van der Waals surface area (Å²) in [5.74, 6) is -0.331. The van der Waals surface area contributed by atoms with Gasteiger partial charge in [0.25, 0.3) is 0 Å². The van der Waals surface area contributed by atoms with E-state index in [0.717, 1.165) is 25.7 Å². The van der Waals surface area contributed by atoms with Gasteiger partial charge in [-0.1, -0.05) is 29.6 Å². The van der Waals surface area contributed by atoms with Crippen LogP contribution in [0, 0.1) is 5.82 Å². The molecule has 0 atom stereocenters. The molecule has 3 rings (SSSR count). The Kier molecular flexibility index (Phi) is 6.28. The molecule has 1 aromatic heterocycles. The van der Waals surface area contributed by atoms with E-state index in [0.29, 0.717) is 5.69 Å². The molecule has 0 unspecified atom stereocenters. The lowest BCUT2D eigenvalue weighted by atomic mass is 9.96. The van der Waals surface area contributed by atoms with Gasteiger partial charge in [-0.15, -0.1) is 0 Å². The maximum Gasteiger partial charge on any atom is 0.320 e. The van der Waals surface area contributed by atoms with Crippen LogP contribution in [0.4, 0.5) is 20.7 Å². The number of nitrogens with one attached hydrogen (secondary N) is 3. The average molecular weight is 440 g/mol. The van der Waals surface area contributed by atoms with E-state index in [4.69, 9.17) is 4.52 Å². The Labute approximate surface area is 163 Å². The maximum atomic E-state index is 13.4. The van der Waals surface area contributed by atoms with E-state index in [-0.39, 0.29) is 27.7 Å². The molecule has 0 spiro atoms. The van der Waals surface area contributed by atoms with Crippen LogP contribution in [0.1, 0.15) is 37.7 Å². The molecule has 0 aliphatic heterocycles. The fraction of sp³-hybridized carbons (Fsp3) is 0.353. The normalized spacial score (nSPS) is 15.4. The van der Waals surface area contributed by atoms with Crippen molar-refractivity contribution in [1.82, 2.24) is 10.5 Å². The van der Waals surface area contributed by atoms with Crippen molar-refractivity contribution < 1.29 is 18.9 Å². The van der Waals surface area contributed by atoms with Crippen molar-refractivity contribution in [3.8, 4) is 0 Å². The molecule has 4 N–H and O–H groups in total. The van der Waals surface area contributed by atoms with Crippen molar-refractivity contribution in [3.63, 3.8) is 0 Å². The molecular weight excluding hydrogens is 421 g/mol. The lowest BCUT2D eigenvalue weighted by Crippen LogP contribution is -2.39. The molecule has 1 heterocycles. The Morgan fingerprint density at radius 3 is 2.78 bits per heavy atom. The van der Waals surface area contributed by atoms with Crippen molar-refractivity contribution in [2.75, 3.05) is 10.6 Å². The predicted octanol–water partition coefficient (Wildman–Crippen LogP) is 4.28. The number of benzene rings is 1. The summed E-state index contributed by atoms with van der Waals surface area (Å²) in [6.07, 6.45) is 6.51. The molecule has 0 bridgehead atoms. The largest absolute Gasteiger partial charge is 0.409 e. The zero-order valence-corrected chi connectivity index (χ0v) is 15.9. The summed E-state index contributed by atoms with van der Waals surface area (Å²) < 4.78 is 18.5.